The average Bonchev–Trinajstić information content (AvgIpc) is 2.64. The average molecular weight is 397 g/mol. The van der Waals surface area contributed by atoms with Gasteiger partial charge in [0.2, 0.25) is 5.91 Å². The Balaban J connectivity index is 3.23. The van der Waals surface area contributed by atoms with Crippen molar-refractivity contribution in [1.29, 1.82) is 0 Å². The molecule has 0 saturated carbocycles. The Morgan fingerprint density at radius 3 is 1.79 bits per heavy atom. The molecule has 0 aromatic heterocycles. The van der Waals surface area contributed by atoms with Crippen molar-refractivity contribution in [3.8, 4) is 0 Å². The molecule has 0 spiro atoms. The Kier molecular flexibility index (Phi) is 19.4. The summed E-state index contributed by atoms with van der Waals surface area (Å²) in [4.78, 5) is 24.2. The van der Waals surface area contributed by atoms with E-state index in [-0.39, 0.29) is 5.91 Å². The molecular formula is C23H44N2O3. The van der Waals surface area contributed by atoms with Gasteiger partial charge in [-0.3, -0.25) is 9.59 Å². The topological polar surface area (TPSA) is 69.6 Å². The third kappa shape index (κ3) is 22.7. The summed E-state index contributed by atoms with van der Waals surface area (Å²) in [6.45, 7) is 1.80. The minimum atomic E-state index is -0.681. The lowest BCUT2D eigenvalue weighted by atomic mass is 10.1. The van der Waals surface area contributed by atoms with Crippen molar-refractivity contribution in [2.24, 2.45) is 0 Å². The van der Waals surface area contributed by atoms with E-state index in [1.54, 1.807) is 0 Å². The van der Waals surface area contributed by atoms with Crippen molar-refractivity contribution in [2.45, 2.75) is 96.3 Å². The molecule has 0 aromatic carbocycles. The summed E-state index contributed by atoms with van der Waals surface area (Å²) >= 11 is 0. The zero-order valence-electron chi connectivity index (χ0n) is 18.4. The third-order valence-corrected chi connectivity index (χ3v) is 4.81. The largest absolute Gasteiger partial charge is 0.481 e. The summed E-state index contributed by atoms with van der Waals surface area (Å²) in [7, 11) is 4.10. The number of carbonyl (C=O) groups is 2. The van der Waals surface area contributed by atoms with E-state index >= 15 is 0 Å². The third-order valence-electron chi connectivity index (χ3n) is 4.81. The first kappa shape index (κ1) is 26.6. The number of nitrogens with zero attached hydrogens (tertiary/aromatic N) is 1. The van der Waals surface area contributed by atoms with Crippen LogP contribution >= 0.6 is 0 Å². The Morgan fingerprint density at radius 1 is 0.750 bits per heavy atom. The highest BCUT2D eigenvalue weighted by atomic mass is 16.4. The first-order valence-corrected chi connectivity index (χ1v) is 11.3. The number of carboxylic acid groups (broad SMARTS) is 1. The smallest absolute Gasteiger partial charge is 0.303 e. The number of allylic oxidation sites excluding steroid dienone is 2. The highest BCUT2D eigenvalue weighted by Gasteiger charge is 2.00. The second kappa shape index (κ2) is 20.4. The minimum absolute atomic E-state index is 0.198. The van der Waals surface area contributed by atoms with Crippen LogP contribution in [0.25, 0.3) is 0 Å². The monoisotopic (exact) mass is 396 g/mol. The predicted octanol–water partition coefficient (Wildman–Crippen LogP) is 5.16. The fourth-order valence-corrected chi connectivity index (χ4v) is 3.09. The molecule has 2 N–H and O–H groups in total. The van der Waals surface area contributed by atoms with Crippen LogP contribution in [0.4, 0.5) is 0 Å². The minimum Gasteiger partial charge on any atom is -0.481 e. The number of unbranched alkanes of at least 4 members (excludes halogenated alkanes) is 10. The molecule has 0 rings (SSSR count). The van der Waals surface area contributed by atoms with Gasteiger partial charge in [0.05, 0.1) is 0 Å². The molecule has 0 aliphatic heterocycles. The molecule has 0 fully saturated rings. The number of hydrogen-bond acceptors (Lipinski definition) is 3. The van der Waals surface area contributed by atoms with Gasteiger partial charge in [0, 0.05) is 19.4 Å². The Morgan fingerprint density at radius 2 is 1.25 bits per heavy atom. The van der Waals surface area contributed by atoms with E-state index in [0.717, 1.165) is 64.5 Å². The second-order valence-electron chi connectivity index (χ2n) is 7.98. The first-order valence-electron chi connectivity index (χ1n) is 11.3. The van der Waals surface area contributed by atoms with Gasteiger partial charge in [0.15, 0.2) is 0 Å². The summed E-state index contributed by atoms with van der Waals surface area (Å²) < 4.78 is 0. The number of rotatable bonds is 20. The maximum atomic E-state index is 11.7. The van der Waals surface area contributed by atoms with Gasteiger partial charge in [-0.2, -0.15) is 0 Å². The lowest BCUT2D eigenvalue weighted by Gasteiger charge is -2.09. The fraction of sp³-hybridized carbons (Fsp3) is 0.826. The molecule has 5 nitrogen and oxygen atoms in total. The van der Waals surface area contributed by atoms with Gasteiger partial charge in [-0.1, -0.05) is 50.7 Å². The highest BCUT2D eigenvalue weighted by Crippen LogP contribution is 2.10. The standard InChI is InChI=1S/C23H44N2O3/c1-25(2)21-17-20-24-22(26)18-15-13-11-9-7-5-3-4-6-8-10-12-14-16-19-23(27)28/h3-4H,5-21H2,1-2H3,(H,24,26)(H,27,28)/b4-3+. The number of carboxylic acids is 1. The van der Waals surface area contributed by atoms with E-state index in [1.807, 2.05) is 14.1 Å². The molecule has 164 valence electrons. The fourth-order valence-electron chi connectivity index (χ4n) is 3.09. The van der Waals surface area contributed by atoms with Crippen molar-refractivity contribution in [2.75, 3.05) is 27.2 Å². The number of carbonyl (C=O) groups excluding carboxylic acids is 1. The van der Waals surface area contributed by atoms with Crippen LogP contribution in [0.5, 0.6) is 0 Å². The summed E-state index contributed by atoms with van der Waals surface area (Å²) in [6, 6.07) is 0. The molecule has 0 heterocycles. The van der Waals surface area contributed by atoms with E-state index in [0.29, 0.717) is 12.8 Å². The van der Waals surface area contributed by atoms with Gasteiger partial charge in [-0.25, -0.2) is 0 Å². The SMILES string of the molecule is CN(C)CCCNC(=O)CCCCCCC/C=C/CCCCCCCC(=O)O. The van der Waals surface area contributed by atoms with Crippen LogP contribution in [0.2, 0.25) is 0 Å². The molecule has 0 unspecified atom stereocenters. The van der Waals surface area contributed by atoms with Crippen molar-refractivity contribution in [3.63, 3.8) is 0 Å². The van der Waals surface area contributed by atoms with E-state index in [9.17, 15) is 9.59 Å². The molecular weight excluding hydrogens is 352 g/mol. The van der Waals surface area contributed by atoms with E-state index in [4.69, 9.17) is 5.11 Å². The Hall–Kier alpha value is -1.36. The molecule has 0 aromatic rings. The molecule has 0 atom stereocenters. The van der Waals surface area contributed by atoms with Crippen LogP contribution in [0.1, 0.15) is 96.3 Å². The molecule has 0 aliphatic rings. The first-order chi connectivity index (χ1) is 13.5. The molecule has 0 saturated heterocycles. The maximum absolute atomic E-state index is 11.7. The predicted molar refractivity (Wildman–Crippen MR) is 118 cm³/mol. The highest BCUT2D eigenvalue weighted by molar-refractivity contribution is 5.75. The van der Waals surface area contributed by atoms with E-state index < -0.39 is 5.97 Å². The summed E-state index contributed by atoms with van der Waals surface area (Å²) in [5.74, 6) is -0.483. The number of hydrogen-bond donors (Lipinski definition) is 2. The van der Waals surface area contributed by atoms with Gasteiger partial charge in [0.1, 0.15) is 0 Å². The van der Waals surface area contributed by atoms with E-state index in [2.05, 4.69) is 22.4 Å². The Labute approximate surface area is 173 Å². The van der Waals surface area contributed by atoms with Crippen LogP contribution in [0, 0.1) is 0 Å². The molecule has 1 amide bonds. The van der Waals surface area contributed by atoms with Crippen LogP contribution in [-0.4, -0.2) is 49.1 Å². The van der Waals surface area contributed by atoms with Gasteiger partial charge >= 0.3 is 5.97 Å². The van der Waals surface area contributed by atoms with Gasteiger partial charge in [-0.15, -0.1) is 0 Å². The summed E-state index contributed by atoms with van der Waals surface area (Å²) in [6.07, 6.45) is 20.1. The molecule has 0 aliphatic carbocycles. The number of nitrogens with one attached hydrogen (secondary N) is 1. The quantitative estimate of drug-likeness (QED) is 0.220. The second-order valence-corrected chi connectivity index (χ2v) is 7.98. The lowest BCUT2D eigenvalue weighted by molar-refractivity contribution is -0.137. The Bertz CT molecular complexity index is 409. The van der Waals surface area contributed by atoms with Crippen molar-refractivity contribution < 1.29 is 14.7 Å². The summed E-state index contributed by atoms with van der Waals surface area (Å²) in [5, 5.41) is 11.6. The van der Waals surface area contributed by atoms with Crippen molar-refractivity contribution in [3.05, 3.63) is 12.2 Å². The van der Waals surface area contributed by atoms with E-state index in [1.165, 1.54) is 32.1 Å². The molecule has 28 heavy (non-hydrogen) atoms. The van der Waals surface area contributed by atoms with Gasteiger partial charge in [0.25, 0.3) is 0 Å². The maximum Gasteiger partial charge on any atom is 0.303 e. The van der Waals surface area contributed by atoms with Crippen LogP contribution in [0.15, 0.2) is 12.2 Å². The van der Waals surface area contributed by atoms with Crippen LogP contribution in [-0.2, 0) is 9.59 Å². The molecule has 0 bridgehead atoms. The normalized spacial score (nSPS) is 11.4. The van der Waals surface area contributed by atoms with Crippen LogP contribution in [0.3, 0.4) is 0 Å². The lowest BCUT2D eigenvalue weighted by Crippen LogP contribution is -2.26. The zero-order valence-corrected chi connectivity index (χ0v) is 18.4. The molecule has 5 heteroatoms. The van der Waals surface area contributed by atoms with Gasteiger partial charge < -0.3 is 15.3 Å². The molecule has 0 radical (unpaired) electrons. The zero-order chi connectivity index (χ0) is 20.9. The van der Waals surface area contributed by atoms with Gasteiger partial charge in [-0.05, 0) is 65.6 Å². The number of amides is 1. The summed E-state index contributed by atoms with van der Waals surface area (Å²) in [5.41, 5.74) is 0. The van der Waals surface area contributed by atoms with Crippen LogP contribution < -0.4 is 5.32 Å². The van der Waals surface area contributed by atoms with Crippen molar-refractivity contribution >= 4 is 11.9 Å². The van der Waals surface area contributed by atoms with Crippen molar-refractivity contribution in [1.82, 2.24) is 10.2 Å². The number of aliphatic carboxylic acids is 1.